The minimum atomic E-state index is 0.401. The summed E-state index contributed by atoms with van der Waals surface area (Å²) in [6.07, 6.45) is 5.44. The van der Waals surface area contributed by atoms with Gasteiger partial charge in [0.2, 0.25) is 5.95 Å². The number of piperidine rings is 1. The standard InChI is InChI=1S/C21H20N6/c1-2-6-16(7-3-1)20-18-8-4-5-9-19(18)24-21(25-20)26-12-10-17(11-13-26)27-15-22-14-23-27/h1-9,14-15,17H,10-13H2. The van der Waals surface area contributed by atoms with E-state index in [1.165, 1.54) is 0 Å². The molecule has 6 heteroatoms. The van der Waals surface area contributed by atoms with Gasteiger partial charge < -0.3 is 4.90 Å². The molecule has 0 amide bonds. The topological polar surface area (TPSA) is 59.7 Å². The molecule has 5 rings (SSSR count). The normalized spacial score (nSPS) is 15.3. The highest BCUT2D eigenvalue weighted by atomic mass is 15.3. The predicted molar refractivity (Wildman–Crippen MR) is 105 cm³/mol. The van der Waals surface area contributed by atoms with Crippen molar-refractivity contribution in [1.29, 1.82) is 0 Å². The van der Waals surface area contributed by atoms with Crippen LogP contribution >= 0.6 is 0 Å². The van der Waals surface area contributed by atoms with E-state index in [9.17, 15) is 0 Å². The Bertz CT molecular complexity index is 1040. The fourth-order valence-electron chi connectivity index (χ4n) is 3.76. The van der Waals surface area contributed by atoms with Gasteiger partial charge in [0.25, 0.3) is 0 Å². The number of para-hydroxylation sites is 1. The highest BCUT2D eigenvalue weighted by Crippen LogP contribution is 2.30. The maximum Gasteiger partial charge on any atom is 0.226 e. The Labute approximate surface area is 157 Å². The molecule has 1 aliphatic rings. The number of hydrogen-bond donors (Lipinski definition) is 0. The SMILES string of the molecule is c1ccc(-c2nc(N3CCC(n4cncn4)CC3)nc3ccccc23)cc1. The average Bonchev–Trinajstić information content (AvgIpc) is 3.29. The van der Waals surface area contributed by atoms with Crippen LogP contribution in [0.15, 0.2) is 67.3 Å². The lowest BCUT2D eigenvalue weighted by Crippen LogP contribution is -2.36. The zero-order valence-corrected chi connectivity index (χ0v) is 14.9. The molecule has 0 spiro atoms. The van der Waals surface area contributed by atoms with Crippen LogP contribution in [0.3, 0.4) is 0 Å². The van der Waals surface area contributed by atoms with E-state index in [0.717, 1.165) is 54.0 Å². The first-order chi connectivity index (χ1) is 13.4. The van der Waals surface area contributed by atoms with Gasteiger partial charge in [0.15, 0.2) is 0 Å². The second-order valence-corrected chi connectivity index (χ2v) is 6.85. The molecule has 2 aromatic heterocycles. The molecule has 0 atom stereocenters. The van der Waals surface area contributed by atoms with Crippen molar-refractivity contribution in [2.24, 2.45) is 0 Å². The molecular weight excluding hydrogens is 336 g/mol. The number of anilines is 1. The van der Waals surface area contributed by atoms with E-state index < -0.39 is 0 Å². The van der Waals surface area contributed by atoms with Crippen molar-refractivity contribution in [3.05, 3.63) is 67.3 Å². The van der Waals surface area contributed by atoms with Crippen molar-refractivity contribution < 1.29 is 0 Å². The van der Waals surface area contributed by atoms with Crippen molar-refractivity contribution >= 4 is 16.9 Å². The molecule has 1 aliphatic heterocycles. The number of aromatic nitrogens is 5. The number of benzene rings is 2. The fraction of sp³-hybridized carbons (Fsp3) is 0.238. The van der Waals surface area contributed by atoms with Gasteiger partial charge in [-0.25, -0.2) is 19.6 Å². The van der Waals surface area contributed by atoms with Crippen molar-refractivity contribution in [3.8, 4) is 11.3 Å². The summed E-state index contributed by atoms with van der Waals surface area (Å²) in [4.78, 5) is 16.2. The molecule has 6 nitrogen and oxygen atoms in total. The summed E-state index contributed by atoms with van der Waals surface area (Å²) < 4.78 is 1.97. The van der Waals surface area contributed by atoms with Crippen LogP contribution in [-0.4, -0.2) is 37.8 Å². The van der Waals surface area contributed by atoms with Gasteiger partial charge in [-0.3, -0.25) is 0 Å². The average molecular weight is 356 g/mol. The van der Waals surface area contributed by atoms with Crippen LogP contribution in [0.25, 0.3) is 22.2 Å². The van der Waals surface area contributed by atoms with Gasteiger partial charge in [-0.05, 0) is 18.9 Å². The minimum Gasteiger partial charge on any atom is -0.341 e. The smallest absolute Gasteiger partial charge is 0.226 e. The molecule has 2 aromatic carbocycles. The zero-order valence-electron chi connectivity index (χ0n) is 14.9. The van der Waals surface area contributed by atoms with Gasteiger partial charge in [-0.2, -0.15) is 5.10 Å². The lowest BCUT2D eigenvalue weighted by Gasteiger charge is -2.32. The third kappa shape index (κ3) is 3.03. The fourth-order valence-corrected chi connectivity index (χ4v) is 3.76. The zero-order chi connectivity index (χ0) is 18.1. The Morgan fingerprint density at radius 3 is 2.41 bits per heavy atom. The summed E-state index contributed by atoms with van der Waals surface area (Å²) in [5.41, 5.74) is 3.10. The van der Waals surface area contributed by atoms with Crippen LogP contribution in [0.2, 0.25) is 0 Å². The summed E-state index contributed by atoms with van der Waals surface area (Å²) in [5, 5.41) is 5.38. The molecule has 134 valence electrons. The molecule has 0 aliphatic carbocycles. The van der Waals surface area contributed by atoms with Crippen LogP contribution in [-0.2, 0) is 0 Å². The van der Waals surface area contributed by atoms with Crippen LogP contribution in [0.4, 0.5) is 5.95 Å². The third-order valence-corrected chi connectivity index (χ3v) is 5.20. The van der Waals surface area contributed by atoms with E-state index in [1.54, 1.807) is 12.7 Å². The highest BCUT2D eigenvalue weighted by Gasteiger charge is 2.23. The number of hydrogen-bond acceptors (Lipinski definition) is 5. The van der Waals surface area contributed by atoms with Gasteiger partial charge in [-0.15, -0.1) is 0 Å². The van der Waals surface area contributed by atoms with E-state index in [0.29, 0.717) is 6.04 Å². The number of fused-ring (bicyclic) bond motifs is 1. The first-order valence-corrected chi connectivity index (χ1v) is 9.30. The Morgan fingerprint density at radius 2 is 1.63 bits per heavy atom. The van der Waals surface area contributed by atoms with E-state index in [4.69, 9.17) is 9.97 Å². The van der Waals surface area contributed by atoms with E-state index in [-0.39, 0.29) is 0 Å². The first kappa shape index (κ1) is 15.9. The molecule has 3 heterocycles. The summed E-state index contributed by atoms with van der Waals surface area (Å²) in [7, 11) is 0. The van der Waals surface area contributed by atoms with Crippen molar-refractivity contribution in [1.82, 2.24) is 24.7 Å². The Morgan fingerprint density at radius 1 is 0.852 bits per heavy atom. The van der Waals surface area contributed by atoms with Gasteiger partial charge in [-0.1, -0.05) is 48.5 Å². The van der Waals surface area contributed by atoms with Gasteiger partial charge >= 0.3 is 0 Å². The van der Waals surface area contributed by atoms with Crippen LogP contribution in [0.5, 0.6) is 0 Å². The Kier molecular flexibility index (Phi) is 4.01. The van der Waals surface area contributed by atoms with Crippen molar-refractivity contribution in [3.63, 3.8) is 0 Å². The van der Waals surface area contributed by atoms with Gasteiger partial charge in [0.1, 0.15) is 12.7 Å². The van der Waals surface area contributed by atoms with Crippen LogP contribution in [0.1, 0.15) is 18.9 Å². The minimum absolute atomic E-state index is 0.401. The first-order valence-electron chi connectivity index (χ1n) is 9.30. The summed E-state index contributed by atoms with van der Waals surface area (Å²) in [6, 6.07) is 19.0. The molecule has 27 heavy (non-hydrogen) atoms. The van der Waals surface area contributed by atoms with E-state index in [1.807, 2.05) is 22.9 Å². The summed E-state index contributed by atoms with van der Waals surface area (Å²) in [5.74, 6) is 0.810. The number of rotatable bonds is 3. The molecule has 0 bridgehead atoms. The number of nitrogens with zero attached hydrogens (tertiary/aromatic N) is 6. The molecule has 1 saturated heterocycles. The van der Waals surface area contributed by atoms with Crippen LogP contribution in [0, 0.1) is 0 Å². The Balaban J connectivity index is 1.49. The highest BCUT2D eigenvalue weighted by molar-refractivity contribution is 5.93. The predicted octanol–water partition coefficient (Wildman–Crippen LogP) is 3.73. The lowest BCUT2D eigenvalue weighted by molar-refractivity contribution is 0.364. The largest absolute Gasteiger partial charge is 0.341 e. The van der Waals surface area contributed by atoms with Crippen LogP contribution < -0.4 is 4.90 Å². The molecule has 0 unspecified atom stereocenters. The monoisotopic (exact) mass is 356 g/mol. The Hall–Kier alpha value is -3.28. The quantitative estimate of drug-likeness (QED) is 0.560. The summed E-state index contributed by atoms with van der Waals surface area (Å²) >= 11 is 0. The lowest BCUT2D eigenvalue weighted by atomic mass is 10.1. The maximum absolute atomic E-state index is 4.96. The van der Waals surface area contributed by atoms with E-state index >= 15 is 0 Å². The molecule has 0 saturated carbocycles. The molecule has 1 fully saturated rings. The molecular formula is C21H20N6. The van der Waals surface area contributed by atoms with Gasteiger partial charge in [0.05, 0.1) is 17.3 Å². The molecule has 0 N–H and O–H groups in total. The van der Waals surface area contributed by atoms with E-state index in [2.05, 4.69) is 51.4 Å². The summed E-state index contributed by atoms with van der Waals surface area (Å²) in [6.45, 7) is 1.83. The second kappa shape index (κ2) is 6.79. The molecule has 4 aromatic rings. The maximum atomic E-state index is 4.96. The third-order valence-electron chi connectivity index (χ3n) is 5.20. The van der Waals surface area contributed by atoms with Crippen molar-refractivity contribution in [2.75, 3.05) is 18.0 Å². The second-order valence-electron chi connectivity index (χ2n) is 6.85. The van der Waals surface area contributed by atoms with Crippen molar-refractivity contribution in [2.45, 2.75) is 18.9 Å². The molecule has 0 radical (unpaired) electrons. The van der Waals surface area contributed by atoms with Gasteiger partial charge in [0, 0.05) is 24.0 Å².